The number of nitrogens with two attached hydrogens (primary N) is 1. The number of carbonyl (C=O) groups is 1. The molecule has 0 aliphatic carbocycles. The van der Waals surface area contributed by atoms with E-state index in [1.54, 1.807) is 16.8 Å². The number of amides is 1. The van der Waals surface area contributed by atoms with Crippen molar-refractivity contribution in [2.45, 2.75) is 58.4 Å². The lowest BCUT2D eigenvalue weighted by Crippen LogP contribution is -2.42. The first kappa shape index (κ1) is 24.3. The minimum atomic E-state index is -0.478. The summed E-state index contributed by atoms with van der Waals surface area (Å²) >= 11 is 0.725. The zero-order chi connectivity index (χ0) is 24.3. The van der Waals surface area contributed by atoms with Gasteiger partial charge in [0.05, 0.1) is 11.3 Å². The first-order valence-corrected chi connectivity index (χ1v) is 12.5. The molecule has 1 fully saturated rings. The van der Waals surface area contributed by atoms with Crippen molar-refractivity contribution in [3.63, 3.8) is 0 Å². The normalized spacial score (nSPS) is 22.5. The molecule has 1 saturated heterocycles. The average Bonchev–Trinajstić information content (AvgIpc) is 3.42. The first-order chi connectivity index (χ1) is 16.3. The van der Waals surface area contributed by atoms with Gasteiger partial charge in [-0.2, -0.15) is 5.10 Å². The zero-order valence-electron chi connectivity index (χ0n) is 20.0. The SMILES string of the molecule is CCC1(C)CC(CCNC2=CCCC(SO)=N2)CN1c1nc(-n2ccc(C)n2)ccc1C(N)=O. The van der Waals surface area contributed by atoms with E-state index in [1.807, 2.05) is 19.2 Å². The van der Waals surface area contributed by atoms with Crippen molar-refractivity contribution in [2.24, 2.45) is 16.6 Å². The maximum absolute atomic E-state index is 12.3. The molecule has 9 nitrogen and oxygen atoms in total. The third kappa shape index (κ3) is 5.12. The molecule has 0 spiro atoms. The highest BCUT2D eigenvalue weighted by Gasteiger charge is 2.42. The summed E-state index contributed by atoms with van der Waals surface area (Å²) in [5, 5.41) is 8.62. The summed E-state index contributed by atoms with van der Waals surface area (Å²) in [6, 6.07) is 5.47. The van der Waals surface area contributed by atoms with Crippen LogP contribution >= 0.6 is 12.0 Å². The molecule has 2 aromatic rings. The lowest BCUT2D eigenvalue weighted by atomic mass is 9.90. The Kier molecular flexibility index (Phi) is 7.27. The topological polar surface area (TPSA) is 122 Å². The Morgan fingerprint density at radius 2 is 2.21 bits per heavy atom. The minimum Gasteiger partial charge on any atom is -0.370 e. The molecule has 182 valence electrons. The quantitative estimate of drug-likeness (QED) is 0.487. The third-order valence-corrected chi connectivity index (χ3v) is 7.33. The molecule has 0 bridgehead atoms. The van der Waals surface area contributed by atoms with E-state index in [0.717, 1.165) is 73.8 Å². The monoisotopic (exact) mass is 483 g/mol. The predicted molar refractivity (Wildman–Crippen MR) is 136 cm³/mol. The maximum atomic E-state index is 12.3. The molecule has 2 unspecified atom stereocenters. The molecule has 0 aromatic carbocycles. The maximum Gasteiger partial charge on any atom is 0.252 e. The summed E-state index contributed by atoms with van der Waals surface area (Å²) in [5.41, 5.74) is 6.95. The fourth-order valence-electron chi connectivity index (χ4n) is 4.80. The highest BCUT2D eigenvalue weighted by molar-refractivity contribution is 8.09. The fraction of sp³-hybridized carbons (Fsp3) is 0.500. The highest BCUT2D eigenvalue weighted by atomic mass is 32.2. The van der Waals surface area contributed by atoms with Crippen molar-refractivity contribution in [3.05, 3.63) is 47.6 Å². The Labute approximate surface area is 204 Å². The van der Waals surface area contributed by atoms with E-state index < -0.39 is 5.91 Å². The second-order valence-electron chi connectivity index (χ2n) is 9.28. The van der Waals surface area contributed by atoms with Gasteiger partial charge in [0, 0.05) is 43.3 Å². The molecule has 2 aliphatic heterocycles. The fourth-order valence-corrected chi connectivity index (χ4v) is 5.15. The van der Waals surface area contributed by atoms with Crippen molar-refractivity contribution in [1.82, 2.24) is 20.1 Å². The van der Waals surface area contributed by atoms with E-state index >= 15 is 0 Å². The molecule has 0 saturated carbocycles. The molecule has 4 rings (SSSR count). The van der Waals surface area contributed by atoms with Crippen LogP contribution in [0.25, 0.3) is 5.82 Å². The van der Waals surface area contributed by atoms with Gasteiger partial charge in [-0.3, -0.25) is 4.79 Å². The number of carbonyl (C=O) groups excluding carboxylic acids is 1. The molecule has 10 heteroatoms. The summed E-state index contributed by atoms with van der Waals surface area (Å²) < 4.78 is 11.0. The van der Waals surface area contributed by atoms with E-state index in [2.05, 4.69) is 40.2 Å². The Balaban J connectivity index is 1.53. The van der Waals surface area contributed by atoms with Gasteiger partial charge in [-0.05, 0) is 69.7 Å². The predicted octanol–water partition coefficient (Wildman–Crippen LogP) is 3.89. The number of aliphatic imine (C=N–C) groups is 1. The number of primary amides is 1. The number of hydrogen-bond donors (Lipinski definition) is 3. The molecule has 0 radical (unpaired) electrons. The molecule has 2 aromatic heterocycles. The molecule has 2 atom stereocenters. The van der Waals surface area contributed by atoms with Crippen LogP contribution in [0.1, 0.15) is 62.0 Å². The van der Waals surface area contributed by atoms with Crippen molar-refractivity contribution in [1.29, 1.82) is 0 Å². The highest BCUT2D eigenvalue weighted by Crippen LogP contribution is 2.41. The van der Waals surface area contributed by atoms with Gasteiger partial charge in [-0.1, -0.05) is 6.92 Å². The second kappa shape index (κ2) is 10.2. The number of nitrogens with one attached hydrogen (secondary N) is 1. The molecule has 4 N–H and O–H groups in total. The number of allylic oxidation sites excluding steroid dienone is 1. The molecule has 1 amide bonds. The van der Waals surface area contributed by atoms with Crippen molar-refractivity contribution < 1.29 is 9.35 Å². The van der Waals surface area contributed by atoms with Crippen LogP contribution in [0.15, 0.2) is 41.3 Å². The third-order valence-electron chi connectivity index (χ3n) is 6.83. The van der Waals surface area contributed by atoms with Crippen LogP contribution in [0.3, 0.4) is 0 Å². The Bertz CT molecular complexity index is 1110. The van der Waals surface area contributed by atoms with Gasteiger partial charge in [0.15, 0.2) is 5.82 Å². The number of pyridine rings is 1. The molecule has 2 aliphatic rings. The van der Waals surface area contributed by atoms with E-state index in [9.17, 15) is 9.35 Å². The van der Waals surface area contributed by atoms with Crippen molar-refractivity contribution >= 4 is 28.8 Å². The number of aryl methyl sites for hydroxylation is 1. The standard InChI is InChI=1S/C24H33N7O2S/c1-4-24(3)14-17(10-12-26-19-6-5-7-21(27-19)34-33)15-30(24)23-18(22(25)32)8-9-20(28-23)31-13-11-16(2)29-31/h6,8-9,11,13,17,26,33H,4-5,7,10,12,14-15H2,1-3H3,(H2,25,32). The van der Waals surface area contributed by atoms with Crippen molar-refractivity contribution in [3.8, 4) is 5.82 Å². The smallest absolute Gasteiger partial charge is 0.252 e. The number of nitrogens with zero attached hydrogens (tertiary/aromatic N) is 5. The van der Waals surface area contributed by atoms with Crippen LogP contribution in [0.2, 0.25) is 0 Å². The minimum absolute atomic E-state index is 0.135. The van der Waals surface area contributed by atoms with Crippen LogP contribution < -0.4 is 16.0 Å². The van der Waals surface area contributed by atoms with Crippen LogP contribution in [0.5, 0.6) is 0 Å². The molecular formula is C24H33N7O2S. The van der Waals surface area contributed by atoms with Gasteiger partial charge < -0.3 is 20.5 Å². The Morgan fingerprint density at radius 3 is 2.88 bits per heavy atom. The molecule has 4 heterocycles. The van der Waals surface area contributed by atoms with Crippen LogP contribution in [0.4, 0.5) is 5.82 Å². The van der Waals surface area contributed by atoms with Crippen molar-refractivity contribution in [2.75, 3.05) is 18.0 Å². The van der Waals surface area contributed by atoms with E-state index in [0.29, 0.717) is 23.1 Å². The van der Waals surface area contributed by atoms with Gasteiger partial charge >= 0.3 is 0 Å². The number of hydrogen-bond acceptors (Lipinski definition) is 8. The van der Waals surface area contributed by atoms with Crippen LogP contribution in [-0.2, 0) is 0 Å². The number of anilines is 1. The average molecular weight is 484 g/mol. The zero-order valence-corrected chi connectivity index (χ0v) is 20.8. The molecular weight excluding hydrogens is 450 g/mol. The lowest BCUT2D eigenvalue weighted by Gasteiger charge is -2.36. The Hall–Kier alpha value is -2.85. The number of rotatable bonds is 8. The van der Waals surface area contributed by atoms with Gasteiger partial charge in [0.25, 0.3) is 5.91 Å². The summed E-state index contributed by atoms with van der Waals surface area (Å²) in [6.45, 7) is 7.92. The largest absolute Gasteiger partial charge is 0.370 e. The molecule has 34 heavy (non-hydrogen) atoms. The second-order valence-corrected chi connectivity index (χ2v) is 9.93. The van der Waals surface area contributed by atoms with Gasteiger partial charge in [0.2, 0.25) is 0 Å². The first-order valence-electron chi connectivity index (χ1n) is 11.8. The van der Waals surface area contributed by atoms with E-state index in [4.69, 9.17) is 10.7 Å². The summed E-state index contributed by atoms with van der Waals surface area (Å²) in [7, 11) is 0. The van der Waals surface area contributed by atoms with Gasteiger partial charge in [-0.15, -0.1) is 0 Å². The van der Waals surface area contributed by atoms with Gasteiger partial charge in [-0.25, -0.2) is 14.7 Å². The van der Waals surface area contributed by atoms with E-state index in [-0.39, 0.29) is 5.54 Å². The lowest BCUT2D eigenvalue weighted by molar-refractivity contribution is 0.100. The summed E-state index contributed by atoms with van der Waals surface area (Å²) in [4.78, 5) is 23.9. The van der Waals surface area contributed by atoms with Crippen LogP contribution in [0, 0.1) is 12.8 Å². The van der Waals surface area contributed by atoms with E-state index in [1.165, 1.54) is 0 Å². The van der Waals surface area contributed by atoms with Gasteiger partial charge in [0.1, 0.15) is 16.7 Å². The summed E-state index contributed by atoms with van der Waals surface area (Å²) in [6.07, 6.45) is 8.49. The summed E-state index contributed by atoms with van der Waals surface area (Å²) in [5.74, 6) is 2.07. The number of aromatic nitrogens is 3. The van der Waals surface area contributed by atoms with Crippen LogP contribution in [-0.4, -0.2) is 48.9 Å². The Morgan fingerprint density at radius 1 is 1.38 bits per heavy atom.